The molecule has 0 atom stereocenters. The van der Waals surface area contributed by atoms with Crippen molar-refractivity contribution < 1.29 is 28.3 Å². The second kappa shape index (κ2) is 11.6. The topological polar surface area (TPSA) is 32.6 Å². The minimum atomic E-state index is 0. The quantitative estimate of drug-likeness (QED) is 0.541. The molecule has 1 aliphatic rings. The fourth-order valence-corrected chi connectivity index (χ4v) is 1.04. The van der Waals surface area contributed by atoms with Crippen molar-refractivity contribution in [2.75, 3.05) is 26.4 Å². The van der Waals surface area contributed by atoms with Gasteiger partial charge in [-0.05, 0) is 0 Å². The smallest absolute Gasteiger partial charge is 0.658 e. The van der Waals surface area contributed by atoms with Gasteiger partial charge in [0.2, 0.25) is 0 Å². The van der Waals surface area contributed by atoms with Crippen LogP contribution < -0.4 is 18.9 Å². The Morgan fingerprint density at radius 1 is 0.786 bits per heavy atom. The van der Waals surface area contributed by atoms with Crippen LogP contribution in [0, 0.1) is 0 Å². The van der Waals surface area contributed by atoms with Gasteiger partial charge in [-0.2, -0.15) is 0 Å². The average Bonchev–Trinajstić information content (AvgIpc) is 2.06. The minimum Gasteiger partial charge on any atom is -0.658 e. The van der Waals surface area contributed by atoms with Gasteiger partial charge in [0, 0.05) is 0 Å². The summed E-state index contributed by atoms with van der Waals surface area (Å²) in [6.45, 7) is 11.5. The van der Waals surface area contributed by atoms with Gasteiger partial charge in [-0.15, -0.1) is 12.1 Å². The first-order valence-electron chi connectivity index (χ1n) is 4.98. The third-order valence-corrected chi connectivity index (χ3v) is 1.34. The summed E-state index contributed by atoms with van der Waals surface area (Å²) in [6.07, 6.45) is 0. The van der Waals surface area contributed by atoms with E-state index in [1.807, 2.05) is 0 Å². The van der Waals surface area contributed by atoms with E-state index in [0.717, 1.165) is 26.4 Å². The van der Waals surface area contributed by atoms with E-state index in [4.69, 9.17) is 9.47 Å². The number of rotatable bonds is 2. The first-order valence-corrected chi connectivity index (χ1v) is 4.98. The van der Waals surface area contributed by atoms with Gasteiger partial charge in [-0.25, -0.2) is 0 Å². The van der Waals surface area contributed by atoms with Gasteiger partial charge < -0.3 is 14.8 Å². The van der Waals surface area contributed by atoms with Crippen LogP contribution in [0.2, 0.25) is 0 Å². The molecule has 0 aromatic heterocycles. The van der Waals surface area contributed by atoms with E-state index in [-0.39, 0.29) is 18.9 Å². The molecule has 1 heterocycles. The number of hydrogen-bond donors (Lipinski definition) is 0. The number of ether oxygens (including phenoxy) is 2. The summed E-state index contributed by atoms with van der Waals surface area (Å²) in [7, 11) is 0. The Morgan fingerprint density at radius 3 is 1.14 bits per heavy atom. The fourth-order valence-electron chi connectivity index (χ4n) is 1.04. The monoisotopic (exact) mass is 195 g/mol. The van der Waals surface area contributed by atoms with Gasteiger partial charge in [0.15, 0.2) is 0 Å². The van der Waals surface area contributed by atoms with Crippen molar-refractivity contribution in [1.29, 1.82) is 0 Å². The predicted molar refractivity (Wildman–Crippen MR) is 55.3 cm³/mol. The molecule has 1 rings (SSSR count). The van der Waals surface area contributed by atoms with Crippen LogP contribution >= 0.6 is 0 Å². The molecule has 1 fully saturated rings. The second-order valence-electron chi connectivity index (χ2n) is 3.56. The number of hydrogen-bond acceptors (Lipinski definition) is 2. The molecular weight excluding hydrogens is 173 g/mol. The van der Waals surface area contributed by atoms with Gasteiger partial charge >= 0.3 is 18.9 Å². The summed E-state index contributed by atoms with van der Waals surface area (Å²) in [6, 6.07) is 1.000. The van der Waals surface area contributed by atoms with Crippen molar-refractivity contribution in [3.63, 3.8) is 0 Å². The largest absolute Gasteiger partial charge is 1.00 e. The normalized spacial score (nSPS) is 15.9. The average molecular weight is 195 g/mol. The van der Waals surface area contributed by atoms with E-state index in [9.17, 15) is 0 Å². The molecule has 0 aliphatic carbocycles. The van der Waals surface area contributed by atoms with Gasteiger partial charge in [-0.1, -0.05) is 27.7 Å². The third-order valence-electron chi connectivity index (χ3n) is 1.34. The molecule has 1 saturated heterocycles. The maximum atomic E-state index is 4.94. The predicted octanol–water partition coefficient (Wildman–Crippen LogP) is -0.786. The molecule has 4 heteroatoms. The first kappa shape index (κ1) is 16.9. The summed E-state index contributed by atoms with van der Waals surface area (Å²) < 4.78 is 9.89. The molecule has 0 radical (unpaired) electrons. The summed E-state index contributed by atoms with van der Waals surface area (Å²) in [4.78, 5) is 0. The van der Waals surface area contributed by atoms with Crippen molar-refractivity contribution in [3.05, 3.63) is 5.32 Å². The van der Waals surface area contributed by atoms with Crippen LogP contribution in [-0.4, -0.2) is 38.5 Å². The molecule has 0 saturated carbocycles. The van der Waals surface area contributed by atoms with Crippen LogP contribution in [0.3, 0.4) is 0 Å². The molecule has 0 bridgehead atoms. The molecule has 0 aromatic rings. The fraction of sp³-hybridized carbons (Fsp3) is 1.00. The Bertz CT molecular complexity index is 88.8. The van der Waals surface area contributed by atoms with E-state index >= 15 is 0 Å². The van der Waals surface area contributed by atoms with Crippen LogP contribution in [0.15, 0.2) is 0 Å². The van der Waals surface area contributed by atoms with E-state index < -0.39 is 0 Å². The number of nitrogens with zero attached hydrogens (tertiary/aromatic N) is 1. The first-order chi connectivity index (χ1) is 6.13. The van der Waals surface area contributed by atoms with E-state index in [1.54, 1.807) is 0 Å². The standard InChI is InChI=1S/C6H14N.C4H8O2.Li/c1-5(2)7-6(3)4;1-2-6-4-3-5-1;/h5-6H,1-4H3;1-4H2;/q-1;;+1. The van der Waals surface area contributed by atoms with Crippen molar-refractivity contribution >= 4 is 0 Å². The van der Waals surface area contributed by atoms with Crippen LogP contribution in [0.25, 0.3) is 5.32 Å². The molecule has 0 unspecified atom stereocenters. The summed E-state index contributed by atoms with van der Waals surface area (Å²) in [5, 5.41) is 4.28. The summed E-state index contributed by atoms with van der Waals surface area (Å²) in [5.74, 6) is 0. The maximum Gasteiger partial charge on any atom is 1.00 e. The van der Waals surface area contributed by atoms with Gasteiger partial charge in [0.1, 0.15) is 0 Å². The molecule has 0 amide bonds. The Balaban J connectivity index is 0. The van der Waals surface area contributed by atoms with Gasteiger partial charge in [-0.3, -0.25) is 0 Å². The molecule has 0 aromatic carbocycles. The Morgan fingerprint density at radius 2 is 1.07 bits per heavy atom. The molecule has 80 valence electrons. The van der Waals surface area contributed by atoms with Crippen molar-refractivity contribution in [2.24, 2.45) is 0 Å². The third kappa shape index (κ3) is 15.0. The Kier molecular flexibility index (Phi) is 13.9. The van der Waals surface area contributed by atoms with Crippen molar-refractivity contribution in [3.8, 4) is 0 Å². The summed E-state index contributed by atoms with van der Waals surface area (Å²) in [5.41, 5.74) is 0. The zero-order chi connectivity index (χ0) is 10.1. The Labute approximate surface area is 100 Å². The Hall–Kier alpha value is 0.477. The molecule has 0 spiro atoms. The minimum absolute atomic E-state index is 0. The van der Waals surface area contributed by atoms with Crippen molar-refractivity contribution in [1.82, 2.24) is 0 Å². The summed E-state index contributed by atoms with van der Waals surface area (Å²) >= 11 is 0. The molecule has 0 N–H and O–H groups in total. The zero-order valence-electron chi connectivity index (χ0n) is 10.2. The maximum absolute atomic E-state index is 4.94. The van der Waals surface area contributed by atoms with E-state index in [0.29, 0.717) is 12.1 Å². The van der Waals surface area contributed by atoms with E-state index in [1.165, 1.54) is 0 Å². The molecular formula is C10H22LiNO2. The van der Waals surface area contributed by atoms with Crippen LogP contribution in [0.4, 0.5) is 0 Å². The SMILES string of the molecule is C1COCCO1.CC(C)[N-]C(C)C.[Li+]. The van der Waals surface area contributed by atoms with Crippen LogP contribution in [-0.2, 0) is 9.47 Å². The van der Waals surface area contributed by atoms with Crippen LogP contribution in [0.1, 0.15) is 27.7 Å². The molecule has 3 nitrogen and oxygen atoms in total. The van der Waals surface area contributed by atoms with Crippen molar-refractivity contribution in [2.45, 2.75) is 39.8 Å². The van der Waals surface area contributed by atoms with Gasteiger partial charge in [0.05, 0.1) is 26.4 Å². The molecule has 14 heavy (non-hydrogen) atoms. The molecule has 1 aliphatic heterocycles. The second-order valence-corrected chi connectivity index (χ2v) is 3.56. The van der Waals surface area contributed by atoms with E-state index in [2.05, 4.69) is 33.0 Å². The van der Waals surface area contributed by atoms with Crippen LogP contribution in [0.5, 0.6) is 0 Å². The van der Waals surface area contributed by atoms with Gasteiger partial charge in [0.25, 0.3) is 0 Å². The zero-order valence-corrected chi connectivity index (χ0v) is 10.2.